The van der Waals surface area contributed by atoms with E-state index < -0.39 is 18.2 Å². The summed E-state index contributed by atoms with van der Waals surface area (Å²) in [5.74, 6) is -1.82. The summed E-state index contributed by atoms with van der Waals surface area (Å²) >= 11 is 1.44. The van der Waals surface area contributed by atoms with Crippen LogP contribution in [0.2, 0.25) is 0 Å². The van der Waals surface area contributed by atoms with E-state index in [1.807, 2.05) is 42.7 Å². The van der Waals surface area contributed by atoms with Gasteiger partial charge in [-0.2, -0.15) is 13.2 Å². The molecule has 0 aliphatic carbocycles. The second-order valence-electron chi connectivity index (χ2n) is 10.4. The largest absolute Gasteiger partial charge is 0.493 e. The first kappa shape index (κ1) is 31.4. The number of benzene rings is 3. The number of nitrogens with zero attached hydrogens (tertiary/aromatic N) is 3. The zero-order valence-corrected chi connectivity index (χ0v) is 24.4. The zero-order chi connectivity index (χ0) is 30.0. The summed E-state index contributed by atoms with van der Waals surface area (Å²) in [6.45, 7) is 3.10. The normalized spacial score (nSPS) is 14.4. The molecule has 224 valence electrons. The molecule has 0 N–H and O–H groups in total. The highest BCUT2D eigenvalue weighted by Crippen LogP contribution is 2.26. The number of anilines is 1. The summed E-state index contributed by atoms with van der Waals surface area (Å²) in [5, 5.41) is 0.456. The lowest BCUT2D eigenvalue weighted by Crippen LogP contribution is -2.47. The van der Waals surface area contributed by atoms with Crippen molar-refractivity contribution in [3.8, 4) is 0 Å². The number of likely N-dealkylation sites (tertiary alicyclic amines) is 1. The molecule has 1 aliphatic rings. The van der Waals surface area contributed by atoms with Crippen molar-refractivity contribution in [1.82, 2.24) is 9.80 Å². The van der Waals surface area contributed by atoms with E-state index in [1.165, 1.54) is 34.4 Å². The molecule has 4 rings (SSSR count). The van der Waals surface area contributed by atoms with Crippen molar-refractivity contribution in [1.29, 1.82) is 0 Å². The Hall–Kier alpha value is -3.50. The fraction of sp³-hybridized carbons (Fsp3) is 0.375. The number of alkyl halides is 3. The van der Waals surface area contributed by atoms with E-state index in [0.29, 0.717) is 17.4 Å². The van der Waals surface area contributed by atoms with Crippen LogP contribution in [0.4, 0.5) is 23.7 Å². The van der Waals surface area contributed by atoms with Crippen LogP contribution in [0.1, 0.15) is 30.4 Å². The predicted octanol–water partition coefficient (Wildman–Crippen LogP) is 7.20. The molecule has 0 aromatic heterocycles. The lowest BCUT2D eigenvalue weighted by atomic mass is 9.90. The van der Waals surface area contributed by atoms with Crippen LogP contribution in [0.5, 0.6) is 0 Å². The Morgan fingerprint density at radius 3 is 2.07 bits per heavy atom. The van der Waals surface area contributed by atoms with Crippen LogP contribution >= 0.6 is 11.8 Å². The maximum atomic E-state index is 13.8. The van der Waals surface area contributed by atoms with Crippen LogP contribution in [-0.4, -0.2) is 60.4 Å². The van der Waals surface area contributed by atoms with Crippen molar-refractivity contribution >= 4 is 29.4 Å². The molecular formula is C32H36F3N3O3S. The molecule has 3 aromatic rings. The van der Waals surface area contributed by atoms with Crippen LogP contribution in [0.3, 0.4) is 0 Å². The number of urea groups is 1. The molecule has 3 aromatic carbocycles. The average Bonchev–Trinajstić information content (AvgIpc) is 3.00. The molecule has 0 radical (unpaired) electrons. The highest BCUT2D eigenvalue weighted by molar-refractivity contribution is 7.98. The number of hydroxylamine groups is 1. The van der Waals surface area contributed by atoms with Crippen molar-refractivity contribution in [3.63, 3.8) is 0 Å². The first-order chi connectivity index (χ1) is 20.2. The number of hydrogen-bond donors (Lipinski definition) is 0. The Balaban J connectivity index is 1.43. The average molecular weight is 600 g/mol. The third kappa shape index (κ3) is 9.25. The summed E-state index contributed by atoms with van der Waals surface area (Å²) in [4.78, 5) is 34.9. The highest BCUT2D eigenvalue weighted by atomic mass is 32.2. The summed E-state index contributed by atoms with van der Waals surface area (Å²) < 4.78 is 39.5. The van der Waals surface area contributed by atoms with Crippen molar-refractivity contribution in [2.24, 2.45) is 5.92 Å². The molecule has 0 atom stereocenters. The Labute approximate surface area is 249 Å². The van der Waals surface area contributed by atoms with E-state index in [-0.39, 0.29) is 18.8 Å². The zero-order valence-electron chi connectivity index (χ0n) is 23.6. The van der Waals surface area contributed by atoms with E-state index in [1.54, 1.807) is 12.1 Å². The van der Waals surface area contributed by atoms with Crippen LogP contribution in [-0.2, 0) is 22.6 Å². The van der Waals surface area contributed by atoms with Gasteiger partial charge in [0.2, 0.25) is 0 Å². The lowest BCUT2D eigenvalue weighted by Gasteiger charge is -2.33. The van der Waals surface area contributed by atoms with Gasteiger partial charge < -0.3 is 14.6 Å². The molecule has 42 heavy (non-hydrogen) atoms. The first-order valence-electron chi connectivity index (χ1n) is 14.1. The van der Waals surface area contributed by atoms with Crippen LogP contribution in [0.15, 0.2) is 89.8 Å². The SMILES string of the molecule is CSc1ccc(N(OC(=O)C(F)(F)F)C(=O)N(CCCN2CCC(Cc3ccccc3)CC2)Cc2ccccc2)cc1. The first-order valence-corrected chi connectivity index (χ1v) is 15.3. The second-order valence-corrected chi connectivity index (χ2v) is 11.3. The monoisotopic (exact) mass is 599 g/mol. The standard InChI is InChI=1S/C32H36F3N3O3S/c1-42-29-15-13-28(14-16-29)38(41-30(39)32(33,34)35)31(40)37(24-27-11-6-3-7-12-27)20-8-19-36-21-17-26(18-22-36)23-25-9-4-2-5-10-25/h2-7,9-16,26H,8,17-24H2,1H3. The van der Waals surface area contributed by atoms with Crippen molar-refractivity contribution < 1.29 is 27.6 Å². The van der Waals surface area contributed by atoms with E-state index in [4.69, 9.17) is 0 Å². The third-order valence-corrected chi connectivity index (χ3v) is 8.09. The fourth-order valence-electron chi connectivity index (χ4n) is 5.08. The molecule has 0 unspecified atom stereocenters. The number of piperidine rings is 1. The molecule has 0 bridgehead atoms. The van der Waals surface area contributed by atoms with Gasteiger partial charge in [0.1, 0.15) is 0 Å². The number of carbonyl (C=O) groups excluding carboxylic acids is 2. The van der Waals surface area contributed by atoms with E-state index in [2.05, 4.69) is 34.0 Å². The molecule has 0 spiro atoms. The molecule has 10 heteroatoms. The van der Waals surface area contributed by atoms with E-state index >= 15 is 0 Å². The molecule has 0 saturated carbocycles. The van der Waals surface area contributed by atoms with Crippen molar-refractivity contribution in [2.75, 3.05) is 37.5 Å². The molecule has 1 saturated heterocycles. The molecule has 6 nitrogen and oxygen atoms in total. The van der Waals surface area contributed by atoms with Crippen molar-refractivity contribution in [2.45, 2.75) is 43.3 Å². The highest BCUT2D eigenvalue weighted by Gasteiger charge is 2.44. The van der Waals surface area contributed by atoms with Gasteiger partial charge in [0.05, 0.1) is 5.69 Å². The second kappa shape index (κ2) is 15.1. The van der Waals surface area contributed by atoms with Crippen LogP contribution in [0.25, 0.3) is 0 Å². The number of hydrogen-bond acceptors (Lipinski definition) is 5. The maximum Gasteiger partial charge on any atom is 0.493 e. The van der Waals surface area contributed by atoms with Gasteiger partial charge in [-0.15, -0.1) is 16.8 Å². The van der Waals surface area contributed by atoms with Gasteiger partial charge >= 0.3 is 18.2 Å². The third-order valence-electron chi connectivity index (χ3n) is 7.35. The number of carbonyl (C=O) groups is 2. The van der Waals surface area contributed by atoms with Gasteiger partial charge in [-0.1, -0.05) is 60.7 Å². The van der Waals surface area contributed by atoms with Gasteiger partial charge in [0, 0.05) is 18.0 Å². The number of amides is 2. The summed E-state index contributed by atoms with van der Waals surface area (Å²) in [7, 11) is 0. The maximum absolute atomic E-state index is 13.8. The van der Waals surface area contributed by atoms with Gasteiger partial charge in [0.25, 0.3) is 0 Å². The summed E-state index contributed by atoms with van der Waals surface area (Å²) in [5.41, 5.74) is 2.20. The topological polar surface area (TPSA) is 53.1 Å². The molecular weight excluding hydrogens is 563 g/mol. The van der Waals surface area contributed by atoms with Crippen LogP contribution in [0, 0.1) is 5.92 Å². The van der Waals surface area contributed by atoms with Gasteiger partial charge in [-0.05, 0) is 92.9 Å². The van der Waals surface area contributed by atoms with Crippen LogP contribution < -0.4 is 5.06 Å². The summed E-state index contributed by atoms with van der Waals surface area (Å²) in [6, 6.07) is 25.1. The Kier molecular flexibility index (Phi) is 11.3. The predicted molar refractivity (Wildman–Crippen MR) is 159 cm³/mol. The van der Waals surface area contributed by atoms with Crippen molar-refractivity contribution in [3.05, 3.63) is 96.1 Å². The minimum absolute atomic E-state index is 0.0361. The minimum Gasteiger partial charge on any atom is -0.323 e. The molecule has 1 heterocycles. The Morgan fingerprint density at radius 1 is 0.905 bits per heavy atom. The van der Waals surface area contributed by atoms with Gasteiger partial charge in [0.15, 0.2) is 0 Å². The molecule has 1 fully saturated rings. The number of rotatable bonds is 10. The van der Waals surface area contributed by atoms with Gasteiger partial charge in [-0.3, -0.25) is 0 Å². The number of halogens is 3. The van der Waals surface area contributed by atoms with E-state index in [0.717, 1.165) is 49.4 Å². The number of thioether (sulfide) groups is 1. The fourth-order valence-corrected chi connectivity index (χ4v) is 5.48. The smallest absolute Gasteiger partial charge is 0.323 e. The lowest BCUT2D eigenvalue weighted by molar-refractivity contribution is -0.200. The molecule has 2 amide bonds. The quantitative estimate of drug-likeness (QED) is 0.182. The van der Waals surface area contributed by atoms with Gasteiger partial charge in [-0.25, -0.2) is 9.59 Å². The Morgan fingerprint density at radius 2 is 1.50 bits per heavy atom. The Bertz CT molecular complexity index is 1270. The minimum atomic E-state index is -5.26. The summed E-state index contributed by atoms with van der Waals surface area (Å²) in [6.07, 6.45) is 0.472. The molecule has 1 aliphatic heterocycles. The van der Waals surface area contributed by atoms with E-state index in [9.17, 15) is 22.8 Å².